The Balaban J connectivity index is 1.97. The highest BCUT2D eigenvalue weighted by Gasteiger charge is 2.30. The van der Waals surface area contributed by atoms with Gasteiger partial charge in [0.2, 0.25) is 0 Å². The number of thiazole rings is 1. The molecule has 3 rings (SSSR count). The van der Waals surface area contributed by atoms with Crippen molar-refractivity contribution in [1.29, 1.82) is 0 Å². The number of ether oxygens (including phenoxy) is 1. The van der Waals surface area contributed by atoms with Gasteiger partial charge >= 0.3 is 12.1 Å². The molecule has 0 aliphatic rings. The maximum absolute atomic E-state index is 12.8. The molecule has 134 valence electrons. The van der Waals surface area contributed by atoms with Crippen molar-refractivity contribution in [2.45, 2.75) is 6.18 Å². The number of benzene rings is 2. The van der Waals surface area contributed by atoms with Gasteiger partial charge in [0.25, 0.3) is 0 Å². The highest BCUT2D eigenvalue weighted by molar-refractivity contribution is 7.19. The van der Waals surface area contributed by atoms with E-state index in [9.17, 15) is 18.0 Å². The van der Waals surface area contributed by atoms with Crippen molar-refractivity contribution in [3.8, 4) is 10.4 Å². The van der Waals surface area contributed by atoms with E-state index in [1.54, 1.807) is 0 Å². The van der Waals surface area contributed by atoms with E-state index in [-0.39, 0.29) is 11.4 Å². The van der Waals surface area contributed by atoms with Crippen LogP contribution >= 0.6 is 11.3 Å². The molecule has 26 heavy (non-hydrogen) atoms. The monoisotopic (exact) mass is 378 g/mol. The molecule has 0 fully saturated rings. The van der Waals surface area contributed by atoms with E-state index in [2.05, 4.69) is 10.3 Å². The molecule has 3 aromatic rings. The van der Waals surface area contributed by atoms with Crippen LogP contribution in [0.4, 0.5) is 24.0 Å². The van der Waals surface area contributed by atoms with Crippen LogP contribution in [0.25, 0.3) is 10.4 Å². The number of halogens is 3. The van der Waals surface area contributed by atoms with Gasteiger partial charge in [-0.15, -0.1) is 0 Å². The second kappa shape index (κ2) is 7.17. The Morgan fingerprint density at radius 2 is 1.85 bits per heavy atom. The van der Waals surface area contributed by atoms with Gasteiger partial charge in [-0.25, -0.2) is 9.78 Å². The zero-order valence-electron chi connectivity index (χ0n) is 13.5. The van der Waals surface area contributed by atoms with E-state index < -0.39 is 17.7 Å². The van der Waals surface area contributed by atoms with E-state index in [1.165, 1.54) is 19.2 Å². The van der Waals surface area contributed by atoms with Gasteiger partial charge in [0, 0.05) is 5.69 Å². The number of carbonyl (C=O) groups is 1. The lowest BCUT2D eigenvalue weighted by molar-refractivity contribution is -0.137. The third-order valence-electron chi connectivity index (χ3n) is 3.48. The van der Waals surface area contributed by atoms with E-state index in [0.29, 0.717) is 10.0 Å². The third-order valence-corrected chi connectivity index (χ3v) is 4.50. The molecule has 0 spiro atoms. The van der Waals surface area contributed by atoms with Gasteiger partial charge < -0.3 is 10.1 Å². The van der Waals surface area contributed by atoms with Gasteiger partial charge in [0.05, 0.1) is 17.6 Å². The standard InChI is InChI=1S/C18H13F3N2O2S/c1-25-16(24)14-15(11-6-3-2-4-7-11)26-17(23-14)22-13-9-5-8-12(10-13)18(19,20)21/h2-10H,1H3,(H,22,23). The number of esters is 1. The second-order valence-corrected chi connectivity index (χ2v) is 6.26. The van der Waals surface area contributed by atoms with Crippen LogP contribution in [0.1, 0.15) is 16.1 Å². The molecule has 0 bridgehead atoms. The minimum absolute atomic E-state index is 0.109. The number of carbonyl (C=O) groups excluding carboxylic acids is 1. The SMILES string of the molecule is COC(=O)c1nc(Nc2cccc(C(F)(F)F)c2)sc1-c1ccccc1. The molecule has 0 saturated heterocycles. The molecule has 1 N–H and O–H groups in total. The number of aromatic nitrogens is 1. The number of hydrogen-bond donors (Lipinski definition) is 1. The first-order valence-corrected chi connectivity index (χ1v) is 8.29. The molecule has 0 amide bonds. The average Bonchev–Trinajstić information content (AvgIpc) is 3.05. The summed E-state index contributed by atoms with van der Waals surface area (Å²) in [6.07, 6.45) is -4.44. The van der Waals surface area contributed by atoms with Crippen molar-refractivity contribution in [2.75, 3.05) is 12.4 Å². The summed E-state index contributed by atoms with van der Waals surface area (Å²) in [5.41, 5.74) is 0.334. The third kappa shape index (κ3) is 3.85. The molecule has 1 heterocycles. The Labute approximate surface area is 151 Å². The minimum Gasteiger partial charge on any atom is -0.464 e. The van der Waals surface area contributed by atoms with Crippen LogP contribution in [0.3, 0.4) is 0 Å². The molecule has 0 aliphatic heterocycles. The number of methoxy groups -OCH3 is 1. The molecular formula is C18H13F3N2O2S. The van der Waals surface area contributed by atoms with Crippen molar-refractivity contribution in [2.24, 2.45) is 0 Å². The van der Waals surface area contributed by atoms with E-state index in [1.807, 2.05) is 30.3 Å². The lowest BCUT2D eigenvalue weighted by atomic mass is 10.1. The van der Waals surface area contributed by atoms with Crippen molar-refractivity contribution in [3.63, 3.8) is 0 Å². The van der Waals surface area contributed by atoms with Crippen molar-refractivity contribution >= 4 is 28.1 Å². The molecule has 0 unspecified atom stereocenters. The lowest BCUT2D eigenvalue weighted by Crippen LogP contribution is -2.05. The summed E-state index contributed by atoms with van der Waals surface area (Å²) < 4.78 is 43.3. The van der Waals surface area contributed by atoms with Gasteiger partial charge in [-0.1, -0.05) is 47.7 Å². The second-order valence-electron chi connectivity index (χ2n) is 5.26. The fourth-order valence-electron chi connectivity index (χ4n) is 2.29. The van der Waals surface area contributed by atoms with Crippen LogP contribution in [0, 0.1) is 0 Å². The van der Waals surface area contributed by atoms with Gasteiger partial charge in [0.1, 0.15) is 0 Å². The van der Waals surface area contributed by atoms with Gasteiger partial charge in [-0.3, -0.25) is 0 Å². The predicted octanol–water partition coefficient (Wildman–Crippen LogP) is 5.36. The van der Waals surface area contributed by atoms with Gasteiger partial charge in [-0.05, 0) is 23.8 Å². The summed E-state index contributed by atoms with van der Waals surface area (Å²) in [5, 5.41) is 3.12. The fraction of sp³-hybridized carbons (Fsp3) is 0.111. The van der Waals surface area contributed by atoms with Crippen molar-refractivity contribution < 1.29 is 22.7 Å². The first-order valence-electron chi connectivity index (χ1n) is 7.47. The normalized spacial score (nSPS) is 11.2. The van der Waals surface area contributed by atoms with Crippen LogP contribution in [0.2, 0.25) is 0 Å². The summed E-state index contributed by atoms with van der Waals surface area (Å²) in [4.78, 5) is 16.8. The Bertz CT molecular complexity index is 924. The highest BCUT2D eigenvalue weighted by Crippen LogP contribution is 2.36. The molecule has 0 radical (unpaired) electrons. The van der Waals surface area contributed by atoms with Crippen LogP contribution in [0.5, 0.6) is 0 Å². The zero-order valence-corrected chi connectivity index (χ0v) is 14.3. The maximum Gasteiger partial charge on any atom is 0.416 e. The quantitative estimate of drug-likeness (QED) is 0.621. The Morgan fingerprint density at radius 1 is 1.12 bits per heavy atom. The Kier molecular flexibility index (Phi) is 4.94. The molecular weight excluding hydrogens is 365 g/mol. The minimum atomic E-state index is -4.44. The van der Waals surface area contributed by atoms with Gasteiger partial charge in [0.15, 0.2) is 10.8 Å². The number of nitrogens with zero attached hydrogens (tertiary/aromatic N) is 1. The topological polar surface area (TPSA) is 51.2 Å². The van der Waals surface area contributed by atoms with Gasteiger partial charge in [-0.2, -0.15) is 13.2 Å². The van der Waals surface area contributed by atoms with Crippen LogP contribution in [0.15, 0.2) is 54.6 Å². The Morgan fingerprint density at radius 3 is 2.50 bits per heavy atom. The lowest BCUT2D eigenvalue weighted by Gasteiger charge is -2.08. The van der Waals surface area contributed by atoms with E-state index in [0.717, 1.165) is 29.0 Å². The molecule has 4 nitrogen and oxygen atoms in total. The van der Waals surface area contributed by atoms with E-state index in [4.69, 9.17) is 4.74 Å². The smallest absolute Gasteiger partial charge is 0.416 e. The number of hydrogen-bond acceptors (Lipinski definition) is 5. The van der Waals surface area contributed by atoms with E-state index >= 15 is 0 Å². The van der Waals surface area contributed by atoms with Crippen molar-refractivity contribution in [1.82, 2.24) is 4.98 Å². The average molecular weight is 378 g/mol. The summed E-state index contributed by atoms with van der Waals surface area (Å²) in [6.45, 7) is 0. The summed E-state index contributed by atoms with van der Waals surface area (Å²) >= 11 is 1.16. The van der Waals surface area contributed by atoms with Crippen LogP contribution in [-0.4, -0.2) is 18.1 Å². The number of nitrogens with one attached hydrogen (secondary N) is 1. The largest absolute Gasteiger partial charge is 0.464 e. The summed E-state index contributed by atoms with van der Waals surface area (Å²) in [7, 11) is 1.25. The predicted molar refractivity (Wildman–Crippen MR) is 93.6 cm³/mol. The molecule has 0 saturated carbocycles. The fourth-order valence-corrected chi connectivity index (χ4v) is 3.27. The maximum atomic E-state index is 12.8. The molecule has 2 aromatic carbocycles. The zero-order chi connectivity index (χ0) is 18.7. The number of anilines is 2. The Hall–Kier alpha value is -2.87. The first kappa shape index (κ1) is 17.9. The molecule has 0 aliphatic carbocycles. The first-order chi connectivity index (χ1) is 12.4. The number of alkyl halides is 3. The molecule has 1 aromatic heterocycles. The summed E-state index contributed by atoms with van der Waals surface area (Å²) in [6, 6.07) is 13.9. The summed E-state index contributed by atoms with van der Waals surface area (Å²) in [5.74, 6) is -0.614. The van der Waals surface area contributed by atoms with Crippen LogP contribution in [-0.2, 0) is 10.9 Å². The van der Waals surface area contributed by atoms with Crippen LogP contribution < -0.4 is 5.32 Å². The highest BCUT2D eigenvalue weighted by atomic mass is 32.1. The number of rotatable bonds is 4. The molecule has 8 heteroatoms. The molecule has 0 atom stereocenters. The van der Waals surface area contributed by atoms with Crippen molar-refractivity contribution in [3.05, 3.63) is 65.9 Å².